The zero-order valence-corrected chi connectivity index (χ0v) is 15.9. The Labute approximate surface area is 161 Å². The van der Waals surface area contributed by atoms with Crippen molar-refractivity contribution in [2.24, 2.45) is 0 Å². The van der Waals surface area contributed by atoms with Crippen LogP contribution in [0.4, 0.5) is 0 Å². The smallest absolute Gasteiger partial charge is 0.226 e. The molecule has 6 heteroatoms. The molecule has 4 nitrogen and oxygen atoms in total. The molecule has 134 valence electrons. The number of ether oxygens (including phenoxy) is 1. The maximum Gasteiger partial charge on any atom is 0.226 e. The summed E-state index contributed by atoms with van der Waals surface area (Å²) in [6.45, 7) is 0.597. The third kappa shape index (κ3) is 5.07. The van der Waals surface area contributed by atoms with Gasteiger partial charge in [0.2, 0.25) is 5.91 Å². The minimum atomic E-state index is -0.0218. The van der Waals surface area contributed by atoms with Crippen LogP contribution in [0.25, 0.3) is 10.6 Å². The van der Waals surface area contributed by atoms with Crippen molar-refractivity contribution in [3.63, 3.8) is 0 Å². The quantitative estimate of drug-likeness (QED) is 0.655. The van der Waals surface area contributed by atoms with Crippen LogP contribution in [0.2, 0.25) is 5.02 Å². The summed E-state index contributed by atoms with van der Waals surface area (Å²) in [7, 11) is 1.64. The molecule has 0 unspecified atom stereocenters. The first-order chi connectivity index (χ1) is 12.6. The zero-order valence-electron chi connectivity index (χ0n) is 14.4. The van der Waals surface area contributed by atoms with Gasteiger partial charge in [0.15, 0.2) is 0 Å². The van der Waals surface area contributed by atoms with Crippen molar-refractivity contribution < 1.29 is 9.53 Å². The third-order valence-corrected chi connectivity index (χ3v) is 5.07. The van der Waals surface area contributed by atoms with Crippen LogP contribution < -0.4 is 10.1 Å². The molecule has 0 atom stereocenters. The summed E-state index contributed by atoms with van der Waals surface area (Å²) in [5, 5.41) is 6.45. The third-order valence-electron chi connectivity index (χ3n) is 3.88. The predicted molar refractivity (Wildman–Crippen MR) is 106 cm³/mol. The van der Waals surface area contributed by atoms with Crippen LogP contribution in [0, 0.1) is 0 Å². The molecule has 0 aliphatic heterocycles. The number of halogens is 1. The van der Waals surface area contributed by atoms with Crippen molar-refractivity contribution in [3.8, 4) is 16.3 Å². The highest BCUT2D eigenvalue weighted by molar-refractivity contribution is 7.13. The van der Waals surface area contributed by atoms with Gasteiger partial charge >= 0.3 is 0 Å². The van der Waals surface area contributed by atoms with E-state index in [4.69, 9.17) is 16.3 Å². The lowest BCUT2D eigenvalue weighted by atomic mass is 10.1. The SMILES string of the molecule is COc1ccc(CCNC(=O)Cc2csc(-c3ccc(Cl)cc3)n2)cc1. The number of methoxy groups -OCH3 is 1. The highest BCUT2D eigenvalue weighted by Crippen LogP contribution is 2.25. The minimum Gasteiger partial charge on any atom is -0.497 e. The Bertz CT molecular complexity index is 860. The number of hydrogen-bond acceptors (Lipinski definition) is 4. The lowest BCUT2D eigenvalue weighted by Gasteiger charge is -2.05. The number of hydrogen-bond donors (Lipinski definition) is 1. The first-order valence-corrected chi connectivity index (χ1v) is 9.50. The molecule has 0 aliphatic carbocycles. The molecule has 1 heterocycles. The van der Waals surface area contributed by atoms with Gasteiger partial charge in [0.1, 0.15) is 10.8 Å². The van der Waals surface area contributed by atoms with Crippen LogP contribution in [0.15, 0.2) is 53.9 Å². The summed E-state index contributed by atoms with van der Waals surface area (Å²) >= 11 is 7.43. The Morgan fingerprint density at radius 3 is 2.58 bits per heavy atom. The maximum absolute atomic E-state index is 12.1. The molecule has 3 aromatic rings. The number of nitrogens with one attached hydrogen (secondary N) is 1. The van der Waals surface area contributed by atoms with Gasteiger partial charge in [0.25, 0.3) is 0 Å². The second-order valence-corrected chi connectivity index (χ2v) is 7.07. The average molecular weight is 387 g/mol. The summed E-state index contributed by atoms with van der Waals surface area (Å²) in [6.07, 6.45) is 1.07. The highest BCUT2D eigenvalue weighted by Gasteiger charge is 2.09. The van der Waals surface area contributed by atoms with E-state index < -0.39 is 0 Å². The molecule has 1 aromatic heterocycles. The van der Waals surface area contributed by atoms with Crippen molar-refractivity contribution >= 4 is 28.8 Å². The lowest BCUT2D eigenvalue weighted by molar-refractivity contribution is -0.120. The van der Waals surface area contributed by atoms with Gasteiger partial charge < -0.3 is 10.1 Å². The fourth-order valence-electron chi connectivity index (χ4n) is 2.48. The van der Waals surface area contributed by atoms with Gasteiger partial charge in [-0.15, -0.1) is 11.3 Å². The van der Waals surface area contributed by atoms with Gasteiger partial charge in [-0.05, 0) is 36.2 Å². The summed E-state index contributed by atoms with van der Waals surface area (Å²) in [5.41, 5.74) is 2.94. The normalized spacial score (nSPS) is 10.5. The van der Waals surface area contributed by atoms with Crippen LogP contribution in [-0.4, -0.2) is 24.5 Å². The van der Waals surface area contributed by atoms with Crippen molar-refractivity contribution in [1.29, 1.82) is 0 Å². The maximum atomic E-state index is 12.1. The molecule has 0 aliphatic rings. The molecule has 0 saturated carbocycles. The lowest BCUT2D eigenvalue weighted by Crippen LogP contribution is -2.27. The van der Waals surface area contributed by atoms with E-state index in [1.54, 1.807) is 7.11 Å². The Morgan fingerprint density at radius 1 is 1.15 bits per heavy atom. The Balaban J connectivity index is 1.48. The van der Waals surface area contributed by atoms with Gasteiger partial charge in [-0.25, -0.2) is 4.98 Å². The van der Waals surface area contributed by atoms with Crippen LogP contribution >= 0.6 is 22.9 Å². The van der Waals surface area contributed by atoms with E-state index in [2.05, 4.69) is 10.3 Å². The number of benzene rings is 2. The zero-order chi connectivity index (χ0) is 18.4. The van der Waals surface area contributed by atoms with E-state index in [0.29, 0.717) is 11.6 Å². The van der Waals surface area contributed by atoms with Crippen LogP contribution in [0.3, 0.4) is 0 Å². The molecule has 0 fully saturated rings. The second kappa shape index (κ2) is 8.83. The van der Waals surface area contributed by atoms with Gasteiger partial charge in [-0.3, -0.25) is 4.79 Å². The number of rotatable bonds is 7. The highest BCUT2D eigenvalue weighted by atomic mass is 35.5. The fraction of sp³-hybridized carbons (Fsp3) is 0.200. The van der Waals surface area contributed by atoms with Crippen LogP contribution in [0.5, 0.6) is 5.75 Å². The molecule has 26 heavy (non-hydrogen) atoms. The molecular weight excluding hydrogens is 368 g/mol. The first-order valence-electron chi connectivity index (χ1n) is 8.24. The molecule has 2 aromatic carbocycles. The number of carbonyl (C=O) groups excluding carboxylic acids is 1. The Kier molecular flexibility index (Phi) is 6.26. The van der Waals surface area contributed by atoms with E-state index in [0.717, 1.165) is 34.0 Å². The van der Waals surface area contributed by atoms with Gasteiger partial charge in [0, 0.05) is 22.5 Å². The summed E-state index contributed by atoms with van der Waals surface area (Å²) in [4.78, 5) is 16.6. The monoisotopic (exact) mass is 386 g/mol. The number of nitrogens with zero attached hydrogens (tertiary/aromatic N) is 1. The van der Waals surface area contributed by atoms with E-state index in [9.17, 15) is 4.79 Å². The number of thiazole rings is 1. The molecule has 3 rings (SSSR count). The van der Waals surface area contributed by atoms with Crippen molar-refractivity contribution in [1.82, 2.24) is 10.3 Å². The molecule has 0 bridgehead atoms. The van der Waals surface area contributed by atoms with Crippen molar-refractivity contribution in [2.45, 2.75) is 12.8 Å². The number of carbonyl (C=O) groups is 1. The molecule has 1 N–H and O–H groups in total. The fourth-order valence-corrected chi connectivity index (χ4v) is 3.43. The first kappa shape index (κ1) is 18.4. The average Bonchev–Trinajstić information content (AvgIpc) is 3.11. The summed E-state index contributed by atoms with van der Waals surface area (Å²) < 4.78 is 5.14. The second-order valence-electron chi connectivity index (χ2n) is 5.78. The largest absolute Gasteiger partial charge is 0.497 e. The minimum absolute atomic E-state index is 0.0218. The topological polar surface area (TPSA) is 51.2 Å². The van der Waals surface area contributed by atoms with Gasteiger partial charge in [0.05, 0.1) is 19.2 Å². The van der Waals surface area contributed by atoms with Crippen molar-refractivity contribution in [3.05, 3.63) is 70.2 Å². The van der Waals surface area contributed by atoms with Gasteiger partial charge in [-0.2, -0.15) is 0 Å². The molecular formula is C20H19ClN2O2S. The molecule has 0 spiro atoms. The Hall–Kier alpha value is -2.37. The molecule has 0 saturated heterocycles. The molecule has 0 radical (unpaired) electrons. The number of amides is 1. The van der Waals surface area contributed by atoms with E-state index >= 15 is 0 Å². The summed E-state index contributed by atoms with van der Waals surface area (Å²) in [5.74, 6) is 0.810. The van der Waals surface area contributed by atoms with E-state index in [-0.39, 0.29) is 12.3 Å². The standard InChI is InChI=1S/C20H19ClN2O2S/c1-25-18-8-2-14(3-9-18)10-11-22-19(24)12-17-13-26-20(23-17)15-4-6-16(21)7-5-15/h2-9,13H,10-12H2,1H3,(H,22,24). The number of aromatic nitrogens is 1. The van der Waals surface area contributed by atoms with E-state index in [1.807, 2.05) is 53.9 Å². The van der Waals surface area contributed by atoms with E-state index in [1.165, 1.54) is 11.3 Å². The van der Waals surface area contributed by atoms with Gasteiger partial charge in [-0.1, -0.05) is 35.9 Å². The van der Waals surface area contributed by atoms with Crippen LogP contribution in [0.1, 0.15) is 11.3 Å². The predicted octanol–water partition coefficient (Wildman–Crippen LogP) is 4.37. The van der Waals surface area contributed by atoms with Crippen molar-refractivity contribution in [2.75, 3.05) is 13.7 Å². The molecule has 1 amide bonds. The Morgan fingerprint density at radius 2 is 1.88 bits per heavy atom. The van der Waals surface area contributed by atoms with Crippen LogP contribution in [-0.2, 0) is 17.6 Å². The summed E-state index contributed by atoms with van der Waals surface area (Å²) in [6, 6.07) is 15.4.